The number of halogens is 1. The first-order valence-corrected chi connectivity index (χ1v) is 6.94. The van der Waals surface area contributed by atoms with Crippen LogP contribution in [0.25, 0.3) is 0 Å². The van der Waals surface area contributed by atoms with Crippen molar-refractivity contribution in [2.24, 2.45) is 0 Å². The van der Waals surface area contributed by atoms with Gasteiger partial charge in [-0.1, -0.05) is 57.9 Å². The van der Waals surface area contributed by atoms with Crippen molar-refractivity contribution in [2.75, 3.05) is 7.11 Å². The standard InChI is InChI=1S/C16H17BrO/c1-12-3-5-13(6-4-12)11-16(17)14-7-9-15(18-2)10-8-14/h3-10,16H,11H2,1-2H3. The van der Waals surface area contributed by atoms with Crippen LogP contribution in [0, 0.1) is 6.92 Å². The molecule has 0 saturated heterocycles. The summed E-state index contributed by atoms with van der Waals surface area (Å²) in [6.45, 7) is 2.11. The molecular weight excluding hydrogens is 288 g/mol. The van der Waals surface area contributed by atoms with Crippen molar-refractivity contribution in [2.45, 2.75) is 18.2 Å². The third kappa shape index (κ3) is 3.36. The van der Waals surface area contributed by atoms with Crippen LogP contribution in [0.1, 0.15) is 21.5 Å². The number of benzene rings is 2. The quantitative estimate of drug-likeness (QED) is 0.745. The molecule has 0 aliphatic rings. The van der Waals surface area contributed by atoms with Crippen LogP contribution in [0.15, 0.2) is 48.5 Å². The highest BCUT2D eigenvalue weighted by atomic mass is 79.9. The Morgan fingerprint density at radius 1 is 1.00 bits per heavy atom. The summed E-state index contributed by atoms with van der Waals surface area (Å²) in [5.74, 6) is 0.897. The summed E-state index contributed by atoms with van der Waals surface area (Å²) in [4.78, 5) is 0.339. The van der Waals surface area contributed by atoms with E-state index in [4.69, 9.17) is 4.74 Å². The van der Waals surface area contributed by atoms with Crippen LogP contribution >= 0.6 is 15.9 Å². The van der Waals surface area contributed by atoms with Crippen LogP contribution in [0.5, 0.6) is 5.75 Å². The van der Waals surface area contributed by atoms with E-state index in [9.17, 15) is 0 Å². The SMILES string of the molecule is COc1ccc(C(Br)Cc2ccc(C)cc2)cc1. The van der Waals surface area contributed by atoms with E-state index in [-0.39, 0.29) is 0 Å². The van der Waals surface area contributed by atoms with Crippen LogP contribution in [0.3, 0.4) is 0 Å². The average molecular weight is 305 g/mol. The molecule has 2 aromatic carbocycles. The number of methoxy groups -OCH3 is 1. The molecule has 0 bridgehead atoms. The molecule has 0 aliphatic carbocycles. The minimum atomic E-state index is 0.339. The normalized spacial score (nSPS) is 12.2. The summed E-state index contributed by atoms with van der Waals surface area (Å²) in [6.07, 6.45) is 0.993. The van der Waals surface area contributed by atoms with E-state index < -0.39 is 0 Å². The Balaban J connectivity index is 2.06. The summed E-state index contributed by atoms with van der Waals surface area (Å²) in [5.41, 5.74) is 3.92. The highest BCUT2D eigenvalue weighted by Crippen LogP contribution is 2.28. The first kappa shape index (κ1) is 13.2. The van der Waals surface area contributed by atoms with Crippen molar-refractivity contribution in [3.63, 3.8) is 0 Å². The zero-order valence-electron chi connectivity index (χ0n) is 10.7. The summed E-state index contributed by atoms with van der Waals surface area (Å²) in [7, 11) is 1.69. The third-order valence-corrected chi connectivity index (χ3v) is 3.87. The Kier molecular flexibility index (Phi) is 4.43. The summed E-state index contributed by atoms with van der Waals surface area (Å²) in [5, 5.41) is 0. The fourth-order valence-corrected chi connectivity index (χ4v) is 2.54. The molecule has 0 aromatic heterocycles. The van der Waals surface area contributed by atoms with E-state index >= 15 is 0 Å². The van der Waals surface area contributed by atoms with Crippen LogP contribution in [-0.2, 0) is 6.42 Å². The Hall–Kier alpha value is -1.28. The van der Waals surface area contributed by atoms with Gasteiger partial charge >= 0.3 is 0 Å². The van der Waals surface area contributed by atoms with Gasteiger partial charge in [0.2, 0.25) is 0 Å². The van der Waals surface area contributed by atoms with Gasteiger partial charge < -0.3 is 4.74 Å². The molecule has 1 nitrogen and oxygen atoms in total. The lowest BCUT2D eigenvalue weighted by Crippen LogP contribution is -1.95. The van der Waals surface area contributed by atoms with Crippen LogP contribution in [-0.4, -0.2) is 7.11 Å². The smallest absolute Gasteiger partial charge is 0.118 e. The maximum atomic E-state index is 5.17. The lowest BCUT2D eigenvalue weighted by molar-refractivity contribution is 0.414. The Bertz CT molecular complexity index is 488. The first-order valence-electron chi connectivity index (χ1n) is 6.02. The van der Waals surface area contributed by atoms with Gasteiger partial charge in [0.15, 0.2) is 0 Å². The zero-order valence-corrected chi connectivity index (χ0v) is 12.3. The van der Waals surface area contributed by atoms with Crippen molar-refractivity contribution >= 4 is 15.9 Å². The fourth-order valence-electron chi connectivity index (χ4n) is 1.86. The van der Waals surface area contributed by atoms with Gasteiger partial charge in [0.05, 0.1) is 7.11 Å². The lowest BCUT2D eigenvalue weighted by Gasteiger charge is -2.11. The topological polar surface area (TPSA) is 9.23 Å². The first-order chi connectivity index (χ1) is 8.69. The second-order valence-electron chi connectivity index (χ2n) is 4.43. The van der Waals surface area contributed by atoms with Crippen molar-refractivity contribution < 1.29 is 4.74 Å². The number of hydrogen-bond donors (Lipinski definition) is 0. The van der Waals surface area contributed by atoms with Crippen LogP contribution in [0.2, 0.25) is 0 Å². The third-order valence-electron chi connectivity index (χ3n) is 3.01. The molecule has 0 N–H and O–H groups in total. The van der Waals surface area contributed by atoms with Crippen molar-refractivity contribution in [3.05, 3.63) is 65.2 Å². The second-order valence-corrected chi connectivity index (χ2v) is 5.54. The van der Waals surface area contributed by atoms with Gasteiger partial charge in [-0.3, -0.25) is 0 Å². The van der Waals surface area contributed by atoms with Gasteiger partial charge in [0.1, 0.15) is 5.75 Å². The van der Waals surface area contributed by atoms with E-state index in [2.05, 4.69) is 59.3 Å². The van der Waals surface area contributed by atoms with Gasteiger partial charge in [0.25, 0.3) is 0 Å². The van der Waals surface area contributed by atoms with Crippen molar-refractivity contribution in [1.82, 2.24) is 0 Å². The molecule has 0 heterocycles. The minimum absolute atomic E-state index is 0.339. The molecular formula is C16H17BrO. The van der Waals surface area contributed by atoms with Gasteiger partial charge in [-0.05, 0) is 36.6 Å². The Labute approximate surface area is 117 Å². The van der Waals surface area contributed by atoms with Crippen molar-refractivity contribution in [1.29, 1.82) is 0 Å². The molecule has 0 saturated carbocycles. The van der Waals surface area contributed by atoms with E-state index in [1.165, 1.54) is 16.7 Å². The number of ether oxygens (including phenoxy) is 1. The highest BCUT2D eigenvalue weighted by Gasteiger charge is 2.08. The van der Waals surface area contributed by atoms with Gasteiger partial charge in [0, 0.05) is 4.83 Å². The Morgan fingerprint density at radius 3 is 2.17 bits per heavy atom. The van der Waals surface area contributed by atoms with E-state index in [1.54, 1.807) is 7.11 Å². The van der Waals surface area contributed by atoms with E-state index in [0.717, 1.165) is 12.2 Å². The average Bonchev–Trinajstić information content (AvgIpc) is 2.41. The predicted molar refractivity (Wildman–Crippen MR) is 79.5 cm³/mol. The number of aryl methyl sites for hydroxylation is 1. The number of hydrogen-bond acceptors (Lipinski definition) is 1. The predicted octanol–water partition coefficient (Wildman–Crippen LogP) is 4.68. The molecule has 2 rings (SSSR count). The van der Waals surface area contributed by atoms with Crippen LogP contribution in [0.4, 0.5) is 0 Å². The summed E-state index contributed by atoms with van der Waals surface area (Å²) < 4.78 is 5.17. The maximum Gasteiger partial charge on any atom is 0.118 e. The zero-order chi connectivity index (χ0) is 13.0. The molecule has 0 spiro atoms. The monoisotopic (exact) mass is 304 g/mol. The Morgan fingerprint density at radius 2 is 1.61 bits per heavy atom. The fraction of sp³-hybridized carbons (Fsp3) is 0.250. The van der Waals surface area contributed by atoms with Gasteiger partial charge in [-0.2, -0.15) is 0 Å². The molecule has 0 fully saturated rings. The largest absolute Gasteiger partial charge is 0.497 e. The molecule has 18 heavy (non-hydrogen) atoms. The molecule has 0 radical (unpaired) electrons. The molecule has 0 amide bonds. The molecule has 94 valence electrons. The molecule has 1 unspecified atom stereocenters. The van der Waals surface area contributed by atoms with Gasteiger partial charge in [-0.25, -0.2) is 0 Å². The van der Waals surface area contributed by atoms with E-state index in [1.807, 2.05) is 12.1 Å². The molecule has 0 aliphatic heterocycles. The highest BCUT2D eigenvalue weighted by molar-refractivity contribution is 9.09. The number of alkyl halides is 1. The molecule has 1 atom stereocenters. The summed E-state index contributed by atoms with van der Waals surface area (Å²) in [6, 6.07) is 16.9. The number of rotatable bonds is 4. The lowest BCUT2D eigenvalue weighted by atomic mass is 10.0. The van der Waals surface area contributed by atoms with Crippen LogP contribution < -0.4 is 4.74 Å². The molecule has 2 heteroatoms. The second kappa shape index (κ2) is 6.05. The van der Waals surface area contributed by atoms with Gasteiger partial charge in [-0.15, -0.1) is 0 Å². The molecule has 2 aromatic rings. The summed E-state index contributed by atoms with van der Waals surface area (Å²) >= 11 is 3.75. The van der Waals surface area contributed by atoms with Crippen molar-refractivity contribution in [3.8, 4) is 5.75 Å². The minimum Gasteiger partial charge on any atom is -0.497 e. The maximum absolute atomic E-state index is 5.17. The van der Waals surface area contributed by atoms with E-state index in [0.29, 0.717) is 4.83 Å².